The van der Waals surface area contributed by atoms with Crippen molar-refractivity contribution in [3.05, 3.63) is 203 Å². The number of aryl methyl sites for hydroxylation is 6. The first-order chi connectivity index (χ1) is 45.2. The van der Waals surface area contributed by atoms with Crippen molar-refractivity contribution in [3.63, 3.8) is 0 Å². The third-order valence-electron chi connectivity index (χ3n) is 10.1. The molecule has 102 heavy (non-hydrogen) atoms. The van der Waals surface area contributed by atoms with Crippen LogP contribution in [0.3, 0.4) is 0 Å². The average molecular weight is 2150 g/mol. The first-order valence-electron chi connectivity index (χ1n) is 27.4. The Morgan fingerprint density at radius 1 is 0.373 bits per heavy atom. The van der Waals surface area contributed by atoms with E-state index in [1.165, 1.54) is 163 Å². The van der Waals surface area contributed by atoms with Crippen molar-refractivity contribution in [2.75, 3.05) is 0 Å². The molecule has 38 heteroatoms. The maximum atomic E-state index is 12.6. The maximum absolute atomic E-state index is 12.6. The molecule has 8 heterocycles. The van der Waals surface area contributed by atoms with Crippen LogP contribution in [0.2, 0.25) is 0 Å². The predicted octanol–water partition coefficient (Wildman–Crippen LogP) is 14.2. The fraction of sp³-hybridized carbons (Fsp3) is 0.281. The Labute approximate surface area is 631 Å². The van der Waals surface area contributed by atoms with E-state index >= 15 is 0 Å². The van der Waals surface area contributed by atoms with Crippen molar-refractivity contribution in [2.45, 2.75) is 122 Å². The molecule has 0 saturated carbocycles. The summed E-state index contributed by atoms with van der Waals surface area (Å²) in [6.45, 7) is 20.8. The predicted molar refractivity (Wildman–Crippen MR) is 329 cm³/mol. The van der Waals surface area contributed by atoms with Gasteiger partial charge in [-0.2, -0.15) is 58.2 Å². The van der Waals surface area contributed by atoms with E-state index in [0.29, 0.717) is 28.2 Å². The van der Waals surface area contributed by atoms with Gasteiger partial charge in [0.1, 0.15) is 25.3 Å². The van der Waals surface area contributed by atoms with E-state index in [4.69, 9.17) is 20.4 Å². The van der Waals surface area contributed by atoms with Crippen LogP contribution in [0.25, 0.3) is 45.3 Å². The largest absolute Gasteiger partial charge is 0.512 e. The summed E-state index contributed by atoms with van der Waals surface area (Å²) in [5.41, 5.74) is 0.210. The summed E-state index contributed by atoms with van der Waals surface area (Å²) in [6, 6.07) is 14.0. The molecule has 0 aliphatic carbocycles. The van der Waals surface area contributed by atoms with Crippen molar-refractivity contribution >= 4 is 23.1 Å². The molecule has 0 saturated heterocycles. The number of aromatic nitrogens is 14. The molecular weight excluding hydrogens is 2090 g/mol. The second-order valence-corrected chi connectivity index (χ2v) is 19.6. The second-order valence-electron chi connectivity index (χ2n) is 19.6. The van der Waals surface area contributed by atoms with Gasteiger partial charge < -0.3 is 40.4 Å². The maximum Gasteiger partial charge on any atom is 0.421 e. The zero-order valence-corrected chi connectivity index (χ0v) is 65.4. The molecule has 22 nitrogen and oxygen atoms in total. The number of pyridine rings is 4. The van der Waals surface area contributed by atoms with Crippen molar-refractivity contribution in [2.24, 2.45) is 0 Å². The molecule has 0 spiro atoms. The van der Waals surface area contributed by atoms with Gasteiger partial charge in [0.05, 0.1) is 63.0 Å². The van der Waals surface area contributed by atoms with Gasteiger partial charge in [0.15, 0.2) is 23.1 Å². The molecule has 0 atom stereocenters. The third kappa shape index (κ3) is 42.0. The molecular formula is C64H62F12Ir4N14O8-4. The van der Waals surface area contributed by atoms with E-state index < -0.39 is 47.5 Å². The van der Waals surface area contributed by atoms with E-state index in [2.05, 4.69) is 94.0 Å². The first-order valence-corrected chi connectivity index (χ1v) is 27.4. The van der Waals surface area contributed by atoms with Gasteiger partial charge in [-0.25, -0.2) is 9.97 Å². The minimum atomic E-state index is -4.53. The van der Waals surface area contributed by atoms with Gasteiger partial charge in [0.25, 0.3) is 0 Å². The van der Waals surface area contributed by atoms with Crippen LogP contribution in [0.5, 0.6) is 0 Å². The standard InChI is InChI=1S/2C12H9F3N3.2C10H6F3N4.4C5H8O2.4Ir/c1-7-3-9(4-11(18-7)12(13,14)15)10-6-16-8(2)5-17-10;1-7-5-17-10(6-16-7)9-3-4-11(12(13,14)15)18-8(9)2;1-6-2-7(9-15-4-14-5-16-9)3-8(17-6)10(11,12)13;1-6-7(9-15-4-14-5-16-9)2-3-8(17-6)10(11,12)13;4*1-4(6)3-5(2)7;;;;/h3,5-6H,1-2H3;4-6H,1-2H3;2,4-5H,1H3;3-5H,1H3;4*3,6H,1-2H3;;;;/q4*-1;;;;;;;;. The van der Waals surface area contributed by atoms with Crippen molar-refractivity contribution < 1.29 is 173 Å². The van der Waals surface area contributed by atoms with Gasteiger partial charge in [-0.3, -0.25) is 59.0 Å². The number of hydrogen-bond donors (Lipinski definition) is 4. The van der Waals surface area contributed by atoms with Crippen molar-refractivity contribution in [1.29, 1.82) is 0 Å². The quantitative estimate of drug-likeness (QED) is 0.0475. The second kappa shape index (κ2) is 47.5. The van der Waals surface area contributed by atoms with Crippen LogP contribution < -0.4 is 0 Å². The van der Waals surface area contributed by atoms with Crippen molar-refractivity contribution in [1.82, 2.24) is 69.8 Å². The van der Waals surface area contributed by atoms with Gasteiger partial charge in [0.2, 0.25) is 0 Å². The summed E-state index contributed by atoms with van der Waals surface area (Å²) in [6.07, 6.45) is -2.44. The molecule has 0 fully saturated rings. The van der Waals surface area contributed by atoms with Gasteiger partial charge in [-0.1, -0.05) is 19.4 Å². The normalized spacial score (nSPS) is 11.1. The Morgan fingerprint density at radius 2 is 0.676 bits per heavy atom. The number of carbonyl (C=O) groups is 4. The van der Waals surface area contributed by atoms with Crippen LogP contribution in [-0.4, -0.2) is 113 Å². The molecule has 560 valence electrons. The molecule has 0 aliphatic rings. The number of allylic oxidation sites excluding steroid dienone is 8. The number of aliphatic hydroxyl groups excluding tert-OH is 4. The summed E-state index contributed by atoms with van der Waals surface area (Å²) in [4.78, 5) is 92.4. The minimum Gasteiger partial charge on any atom is -0.512 e. The van der Waals surface area contributed by atoms with Crippen LogP contribution in [0.15, 0.2) is 122 Å². The summed E-state index contributed by atoms with van der Waals surface area (Å²) in [5, 5.41) is 33.5. The third-order valence-corrected chi connectivity index (χ3v) is 10.1. The first kappa shape index (κ1) is 99.8. The van der Waals surface area contributed by atoms with E-state index in [9.17, 15) is 71.9 Å². The molecule has 0 aliphatic heterocycles. The van der Waals surface area contributed by atoms with Gasteiger partial charge in [-0.15, -0.1) is 59.7 Å². The number of carbonyl (C=O) groups excluding carboxylic acids is 4. The molecule has 0 unspecified atom stereocenters. The van der Waals surface area contributed by atoms with Crippen LogP contribution in [-0.2, 0) is 124 Å². The number of hydrogen-bond acceptors (Lipinski definition) is 22. The van der Waals surface area contributed by atoms with Crippen molar-refractivity contribution in [3.8, 4) is 45.3 Å². The summed E-state index contributed by atoms with van der Waals surface area (Å²) >= 11 is 0. The zero-order chi connectivity index (χ0) is 75.1. The van der Waals surface area contributed by atoms with E-state index in [1.807, 2.05) is 0 Å². The molecule has 8 rings (SSSR count). The summed E-state index contributed by atoms with van der Waals surface area (Å²) in [7, 11) is 0. The van der Waals surface area contributed by atoms with Crippen LogP contribution in [0.4, 0.5) is 52.7 Å². The number of alkyl halides is 12. The molecule has 8 aromatic rings. The molecule has 4 N–H and O–H groups in total. The molecule has 0 aromatic carbocycles. The van der Waals surface area contributed by atoms with E-state index in [-0.39, 0.29) is 172 Å². The Kier molecular flexibility index (Phi) is 46.5. The number of aliphatic hydroxyl groups is 4. The van der Waals surface area contributed by atoms with Gasteiger partial charge in [-0.05, 0) is 118 Å². The van der Waals surface area contributed by atoms with Crippen LogP contribution in [0, 0.1) is 65.8 Å². The Balaban J connectivity index is -0.000000553. The average Bonchev–Trinajstić information content (AvgIpc) is 0.841. The Hall–Kier alpha value is -8.62. The molecule has 8 aromatic heterocycles. The molecule has 4 radical (unpaired) electrons. The fourth-order valence-corrected chi connectivity index (χ4v) is 6.53. The minimum absolute atomic E-state index is 0. The fourth-order valence-electron chi connectivity index (χ4n) is 6.53. The number of rotatable bonds is 8. The summed E-state index contributed by atoms with van der Waals surface area (Å²) < 4.78 is 150. The van der Waals surface area contributed by atoms with E-state index in [1.54, 1.807) is 20.0 Å². The van der Waals surface area contributed by atoms with Gasteiger partial charge in [0, 0.05) is 135 Å². The van der Waals surface area contributed by atoms with Gasteiger partial charge >= 0.3 is 24.7 Å². The van der Waals surface area contributed by atoms with E-state index in [0.717, 1.165) is 17.8 Å². The monoisotopic (exact) mass is 2150 g/mol. The SMILES string of the molecule is CC(=O)C=C(C)O.CC(=O)C=C(C)O.CC(=O)C=C(C)O.CC(=O)C=C(C)O.Cc1cc(-c2ncncn2)[c-]c(C(F)(F)F)n1.Cc1cnc(-c2[c-]c(C(F)(F)F)nc(C)c2)cn1.Cc1cnc(-c2[c-]cc(C(F)(F)F)nc2C)cn1.Cc1nc(C(F)(F)F)c[c-]c1-c1ncncn1.[Ir].[Ir].[Ir].[Ir]. The molecule has 0 amide bonds. The van der Waals surface area contributed by atoms with Crippen LogP contribution in [0.1, 0.15) is 112 Å². The zero-order valence-electron chi connectivity index (χ0n) is 55.8. The summed E-state index contributed by atoms with van der Waals surface area (Å²) in [5.74, 6) is 0.134. The Morgan fingerprint density at radius 3 is 0.951 bits per heavy atom. The van der Waals surface area contributed by atoms with Crippen LogP contribution >= 0.6 is 0 Å². The number of nitrogens with zero attached hydrogens (tertiary/aromatic N) is 14. The topological polar surface area (TPSA) is 330 Å². The smallest absolute Gasteiger partial charge is 0.421 e. The number of halogens is 12. The Bertz CT molecular complexity index is 3940. The molecule has 0 bridgehead atoms. The number of ketones is 4.